The molecule has 0 amide bonds. The summed E-state index contributed by atoms with van der Waals surface area (Å²) in [7, 11) is 0. The van der Waals surface area contributed by atoms with E-state index in [1.54, 1.807) is 12.4 Å². The molecule has 3 N–H and O–H groups in total. The highest BCUT2D eigenvalue weighted by Gasteiger charge is 2.06. The van der Waals surface area contributed by atoms with E-state index >= 15 is 0 Å². The summed E-state index contributed by atoms with van der Waals surface area (Å²) in [6.45, 7) is 4.59. The molecule has 2 aromatic heterocycles. The average Bonchev–Trinajstić information content (AvgIpc) is 2.48. The molecule has 0 aromatic carbocycles. The molecular weight excluding hydrogens is 252 g/mol. The van der Waals surface area contributed by atoms with Gasteiger partial charge in [-0.1, -0.05) is 13.3 Å². The summed E-state index contributed by atoms with van der Waals surface area (Å²) in [5, 5.41) is 3.34. The fourth-order valence-corrected chi connectivity index (χ4v) is 1.96. The molecule has 0 fully saturated rings. The molecule has 0 spiro atoms. The zero-order chi connectivity index (χ0) is 14.2. The number of aromatic nitrogens is 2. The Hall–Kier alpha value is -1.88. The molecule has 20 heavy (non-hydrogen) atoms. The van der Waals surface area contributed by atoms with Gasteiger partial charge in [0.05, 0.1) is 23.1 Å². The van der Waals surface area contributed by atoms with Gasteiger partial charge in [0.25, 0.3) is 0 Å². The monoisotopic (exact) mass is 274 g/mol. The molecule has 0 radical (unpaired) electrons. The molecule has 5 heteroatoms. The Morgan fingerprint density at radius 1 is 1.25 bits per heavy atom. The third kappa shape index (κ3) is 3.81. The molecule has 2 rings (SSSR count). The summed E-state index contributed by atoms with van der Waals surface area (Å²) in [5.41, 5.74) is 9.13. The zero-order valence-corrected chi connectivity index (χ0v) is 11.9. The number of hydrogen-bond donors (Lipinski definition) is 2. The van der Waals surface area contributed by atoms with E-state index in [2.05, 4.69) is 22.2 Å². The van der Waals surface area contributed by atoms with E-state index < -0.39 is 0 Å². The largest absolute Gasteiger partial charge is 0.396 e. The fourth-order valence-electron chi connectivity index (χ4n) is 1.96. The summed E-state index contributed by atoms with van der Waals surface area (Å²) in [4.78, 5) is 8.61. The van der Waals surface area contributed by atoms with Gasteiger partial charge in [0, 0.05) is 26.0 Å². The summed E-state index contributed by atoms with van der Waals surface area (Å²) in [6.07, 6.45) is 6.66. The van der Waals surface area contributed by atoms with E-state index in [4.69, 9.17) is 10.5 Å². The Morgan fingerprint density at radius 3 is 2.95 bits per heavy atom. The Kier molecular flexibility index (Phi) is 5.55. The van der Waals surface area contributed by atoms with Gasteiger partial charge in [0.1, 0.15) is 5.52 Å². The van der Waals surface area contributed by atoms with Gasteiger partial charge in [-0.05, 0) is 25.0 Å². The number of nitrogens with one attached hydrogen (secondary N) is 1. The van der Waals surface area contributed by atoms with Crippen LogP contribution in [0.2, 0.25) is 0 Å². The second kappa shape index (κ2) is 7.65. The maximum atomic E-state index is 5.97. The highest BCUT2D eigenvalue weighted by atomic mass is 16.5. The number of ether oxygens (including phenoxy) is 1. The number of pyridine rings is 2. The van der Waals surface area contributed by atoms with E-state index in [1.165, 1.54) is 6.42 Å². The standard InChI is InChI=1S/C15H22N4O/c1-2-3-9-20-10-5-8-17-14-12(16)11-19-13-6-4-7-18-15(13)14/h4,6-7,11H,2-3,5,8-10,16H2,1H3,(H,17,19). The van der Waals surface area contributed by atoms with Crippen LogP contribution in [0, 0.1) is 0 Å². The first kappa shape index (κ1) is 14.5. The maximum Gasteiger partial charge on any atom is 0.114 e. The summed E-state index contributed by atoms with van der Waals surface area (Å²) in [6, 6.07) is 3.80. The van der Waals surface area contributed by atoms with Crippen molar-refractivity contribution >= 4 is 22.4 Å². The quantitative estimate of drug-likeness (QED) is 0.724. The van der Waals surface area contributed by atoms with Crippen LogP contribution in [-0.4, -0.2) is 29.7 Å². The summed E-state index contributed by atoms with van der Waals surface area (Å²) < 4.78 is 5.53. The SMILES string of the molecule is CCCCOCCCNc1c(N)cnc2cccnc12. The number of nitrogens with two attached hydrogens (primary N) is 1. The van der Waals surface area contributed by atoms with E-state index in [1.807, 2.05) is 12.1 Å². The first-order chi connectivity index (χ1) is 9.83. The molecular formula is C15H22N4O. The molecule has 5 nitrogen and oxygen atoms in total. The molecule has 108 valence electrons. The van der Waals surface area contributed by atoms with Crippen molar-refractivity contribution < 1.29 is 4.74 Å². The molecule has 0 unspecified atom stereocenters. The van der Waals surface area contributed by atoms with Crippen LogP contribution in [0.3, 0.4) is 0 Å². The van der Waals surface area contributed by atoms with Gasteiger partial charge in [0.15, 0.2) is 0 Å². The molecule has 0 aliphatic rings. The van der Waals surface area contributed by atoms with Crippen LogP contribution in [0.4, 0.5) is 11.4 Å². The Labute approximate surface area is 119 Å². The van der Waals surface area contributed by atoms with Gasteiger partial charge in [-0.3, -0.25) is 9.97 Å². The minimum absolute atomic E-state index is 0.628. The third-order valence-corrected chi connectivity index (χ3v) is 3.06. The molecule has 0 bridgehead atoms. The van der Waals surface area contributed by atoms with E-state index in [0.29, 0.717) is 5.69 Å². The maximum absolute atomic E-state index is 5.97. The van der Waals surface area contributed by atoms with E-state index in [9.17, 15) is 0 Å². The van der Waals surface area contributed by atoms with Crippen molar-refractivity contribution in [1.82, 2.24) is 9.97 Å². The number of rotatable bonds is 8. The average molecular weight is 274 g/mol. The number of fused-ring (bicyclic) bond motifs is 1. The smallest absolute Gasteiger partial charge is 0.114 e. The van der Waals surface area contributed by atoms with Crippen molar-refractivity contribution in [3.63, 3.8) is 0 Å². The summed E-state index contributed by atoms with van der Waals surface area (Å²) in [5.74, 6) is 0. The van der Waals surface area contributed by atoms with E-state index in [0.717, 1.165) is 49.3 Å². The van der Waals surface area contributed by atoms with Gasteiger partial charge in [-0.2, -0.15) is 0 Å². The minimum atomic E-state index is 0.628. The lowest BCUT2D eigenvalue weighted by molar-refractivity contribution is 0.131. The molecule has 0 saturated carbocycles. The van der Waals surface area contributed by atoms with Crippen LogP contribution in [0.1, 0.15) is 26.2 Å². The lowest BCUT2D eigenvalue weighted by Crippen LogP contribution is -2.09. The summed E-state index contributed by atoms with van der Waals surface area (Å²) >= 11 is 0. The van der Waals surface area contributed by atoms with Crippen molar-refractivity contribution in [2.45, 2.75) is 26.2 Å². The van der Waals surface area contributed by atoms with Gasteiger partial charge >= 0.3 is 0 Å². The Bertz CT molecular complexity index is 544. The lowest BCUT2D eigenvalue weighted by Gasteiger charge is -2.11. The zero-order valence-electron chi connectivity index (χ0n) is 11.9. The molecule has 0 aliphatic carbocycles. The lowest BCUT2D eigenvalue weighted by atomic mass is 10.2. The minimum Gasteiger partial charge on any atom is -0.396 e. The number of nitrogen functional groups attached to an aromatic ring is 1. The van der Waals surface area contributed by atoms with Crippen LogP contribution >= 0.6 is 0 Å². The van der Waals surface area contributed by atoms with Crippen molar-refractivity contribution in [2.75, 3.05) is 30.8 Å². The topological polar surface area (TPSA) is 73.1 Å². The first-order valence-electron chi connectivity index (χ1n) is 7.13. The van der Waals surface area contributed by atoms with Gasteiger partial charge in [-0.15, -0.1) is 0 Å². The van der Waals surface area contributed by atoms with Crippen LogP contribution in [-0.2, 0) is 4.74 Å². The van der Waals surface area contributed by atoms with Gasteiger partial charge < -0.3 is 15.8 Å². The third-order valence-electron chi connectivity index (χ3n) is 3.06. The normalized spacial score (nSPS) is 10.8. The van der Waals surface area contributed by atoms with Crippen LogP contribution in [0.15, 0.2) is 24.5 Å². The predicted octanol–water partition coefficient (Wildman–Crippen LogP) is 2.83. The van der Waals surface area contributed by atoms with Crippen molar-refractivity contribution in [1.29, 1.82) is 0 Å². The van der Waals surface area contributed by atoms with Crippen molar-refractivity contribution in [2.24, 2.45) is 0 Å². The van der Waals surface area contributed by atoms with Crippen molar-refractivity contribution in [3.8, 4) is 0 Å². The van der Waals surface area contributed by atoms with Gasteiger partial charge in [0.2, 0.25) is 0 Å². The Balaban J connectivity index is 1.88. The van der Waals surface area contributed by atoms with E-state index in [-0.39, 0.29) is 0 Å². The second-order valence-electron chi connectivity index (χ2n) is 4.71. The number of unbranched alkanes of at least 4 members (excludes halogenated alkanes) is 1. The van der Waals surface area contributed by atoms with Crippen LogP contribution < -0.4 is 11.1 Å². The first-order valence-corrected chi connectivity index (χ1v) is 7.13. The molecule has 0 saturated heterocycles. The highest BCUT2D eigenvalue weighted by Crippen LogP contribution is 2.25. The fraction of sp³-hybridized carbons (Fsp3) is 0.467. The number of nitrogens with zero attached hydrogens (tertiary/aromatic N) is 2. The Morgan fingerprint density at radius 2 is 2.10 bits per heavy atom. The molecule has 2 aromatic rings. The predicted molar refractivity (Wildman–Crippen MR) is 82.8 cm³/mol. The number of anilines is 2. The van der Waals surface area contributed by atoms with Crippen LogP contribution in [0.25, 0.3) is 11.0 Å². The van der Waals surface area contributed by atoms with Gasteiger partial charge in [-0.25, -0.2) is 0 Å². The second-order valence-corrected chi connectivity index (χ2v) is 4.71. The van der Waals surface area contributed by atoms with Crippen LogP contribution in [0.5, 0.6) is 0 Å². The number of hydrogen-bond acceptors (Lipinski definition) is 5. The molecule has 0 aliphatic heterocycles. The van der Waals surface area contributed by atoms with Crippen molar-refractivity contribution in [3.05, 3.63) is 24.5 Å². The molecule has 2 heterocycles. The highest BCUT2D eigenvalue weighted by molar-refractivity contribution is 5.93. The molecule has 0 atom stereocenters.